The smallest absolute Gasteiger partial charge is 0.293 e. The van der Waals surface area contributed by atoms with Crippen molar-refractivity contribution in [2.75, 3.05) is 22.5 Å². The van der Waals surface area contributed by atoms with Gasteiger partial charge < -0.3 is 16.0 Å². The molecule has 3 aromatic rings. The van der Waals surface area contributed by atoms with E-state index in [0.717, 1.165) is 11.1 Å². The molecule has 0 bridgehead atoms. The lowest BCUT2D eigenvalue weighted by atomic mass is 10.1. The van der Waals surface area contributed by atoms with Gasteiger partial charge in [-0.15, -0.1) is 0 Å². The Morgan fingerprint density at radius 3 is 2.35 bits per heavy atom. The molecule has 158 valence electrons. The number of nitro groups is 1. The molecule has 0 aliphatic carbocycles. The highest BCUT2D eigenvalue weighted by Crippen LogP contribution is 2.25. The molecule has 0 saturated heterocycles. The van der Waals surface area contributed by atoms with Gasteiger partial charge in [-0.05, 0) is 55.3 Å². The maximum atomic E-state index is 12.3. The molecule has 3 rings (SSSR count). The van der Waals surface area contributed by atoms with Crippen LogP contribution in [0.4, 0.5) is 22.7 Å². The second-order valence-corrected chi connectivity index (χ2v) is 7.03. The van der Waals surface area contributed by atoms with Gasteiger partial charge in [0.1, 0.15) is 5.69 Å². The lowest BCUT2D eigenvalue weighted by Crippen LogP contribution is -2.22. The van der Waals surface area contributed by atoms with Gasteiger partial charge in [0.05, 0.1) is 11.5 Å². The number of amides is 2. The van der Waals surface area contributed by atoms with Crippen molar-refractivity contribution in [1.82, 2.24) is 0 Å². The summed E-state index contributed by atoms with van der Waals surface area (Å²) >= 11 is 0. The van der Waals surface area contributed by atoms with Crippen molar-refractivity contribution in [3.05, 3.63) is 93.5 Å². The molecule has 0 aliphatic heterocycles. The second kappa shape index (κ2) is 9.53. The van der Waals surface area contributed by atoms with Crippen molar-refractivity contribution < 1.29 is 14.5 Å². The first-order valence-electron chi connectivity index (χ1n) is 9.59. The van der Waals surface area contributed by atoms with Gasteiger partial charge in [-0.2, -0.15) is 0 Å². The predicted molar refractivity (Wildman–Crippen MR) is 121 cm³/mol. The lowest BCUT2D eigenvalue weighted by molar-refractivity contribution is -0.384. The Labute approximate surface area is 179 Å². The Balaban J connectivity index is 1.65. The molecule has 3 N–H and O–H groups in total. The fraction of sp³-hybridized carbons (Fsp3) is 0.130. The summed E-state index contributed by atoms with van der Waals surface area (Å²) in [5, 5.41) is 19.6. The fourth-order valence-electron chi connectivity index (χ4n) is 2.95. The van der Waals surface area contributed by atoms with Gasteiger partial charge in [0, 0.05) is 23.0 Å². The van der Waals surface area contributed by atoms with Crippen molar-refractivity contribution in [3.63, 3.8) is 0 Å². The molecule has 0 saturated carbocycles. The topological polar surface area (TPSA) is 113 Å². The average Bonchev–Trinajstić information content (AvgIpc) is 2.75. The van der Waals surface area contributed by atoms with Crippen molar-refractivity contribution in [2.24, 2.45) is 0 Å². The number of benzene rings is 3. The van der Waals surface area contributed by atoms with E-state index >= 15 is 0 Å². The van der Waals surface area contributed by atoms with Gasteiger partial charge in [-0.25, -0.2) is 0 Å². The van der Waals surface area contributed by atoms with Gasteiger partial charge in [0.25, 0.3) is 11.6 Å². The van der Waals surface area contributed by atoms with E-state index in [1.807, 2.05) is 19.1 Å². The molecule has 0 aliphatic rings. The van der Waals surface area contributed by atoms with Crippen LogP contribution in [0.25, 0.3) is 0 Å². The monoisotopic (exact) mass is 418 g/mol. The Hall–Kier alpha value is -4.20. The number of nitrogens with one attached hydrogen (secondary N) is 3. The van der Waals surface area contributed by atoms with E-state index in [9.17, 15) is 19.7 Å². The van der Waals surface area contributed by atoms with Crippen molar-refractivity contribution in [1.29, 1.82) is 0 Å². The summed E-state index contributed by atoms with van der Waals surface area (Å²) in [5.41, 5.74) is 3.38. The fourth-order valence-corrected chi connectivity index (χ4v) is 2.95. The summed E-state index contributed by atoms with van der Waals surface area (Å²) in [6.45, 7) is 3.52. The number of hydrogen-bond donors (Lipinski definition) is 3. The van der Waals surface area contributed by atoms with Crippen LogP contribution in [0, 0.1) is 24.0 Å². The zero-order valence-corrected chi connectivity index (χ0v) is 17.1. The predicted octanol–water partition coefficient (Wildman–Crippen LogP) is 4.51. The van der Waals surface area contributed by atoms with Crippen LogP contribution in [0.3, 0.4) is 0 Å². The number of aryl methyl sites for hydroxylation is 2. The quantitative estimate of drug-likeness (QED) is 0.386. The van der Waals surface area contributed by atoms with Crippen LogP contribution in [0.1, 0.15) is 21.5 Å². The maximum Gasteiger partial charge on any atom is 0.293 e. The van der Waals surface area contributed by atoms with Gasteiger partial charge in [0.15, 0.2) is 0 Å². The number of anilines is 3. The number of rotatable bonds is 7. The zero-order chi connectivity index (χ0) is 22.4. The molecule has 0 radical (unpaired) electrons. The highest BCUT2D eigenvalue weighted by atomic mass is 16.6. The van der Waals surface area contributed by atoms with Gasteiger partial charge in [-0.3, -0.25) is 19.7 Å². The first-order chi connectivity index (χ1) is 14.8. The van der Waals surface area contributed by atoms with Crippen LogP contribution in [0.15, 0.2) is 66.7 Å². The van der Waals surface area contributed by atoms with Crippen LogP contribution in [0.2, 0.25) is 0 Å². The molecule has 8 heteroatoms. The largest absolute Gasteiger partial charge is 0.376 e. The summed E-state index contributed by atoms with van der Waals surface area (Å²) in [6.07, 6.45) is 0. The standard InChI is InChI=1S/C23H22N4O4/c1-15-8-11-19(21(12-15)27(30)31)26-22(28)14-24-20-13-18(10-9-16(20)2)25-23(29)17-6-4-3-5-7-17/h3-13,24H,14H2,1-2H3,(H,25,29)(H,26,28). The summed E-state index contributed by atoms with van der Waals surface area (Å²) in [7, 11) is 0. The van der Waals surface area contributed by atoms with Gasteiger partial charge >= 0.3 is 0 Å². The molecule has 0 heterocycles. The molecule has 8 nitrogen and oxygen atoms in total. The minimum Gasteiger partial charge on any atom is -0.376 e. The molecule has 0 spiro atoms. The molecule has 0 atom stereocenters. The summed E-state index contributed by atoms with van der Waals surface area (Å²) in [4.78, 5) is 35.4. The maximum absolute atomic E-state index is 12.3. The summed E-state index contributed by atoms with van der Waals surface area (Å²) in [6, 6.07) is 18.8. The van der Waals surface area contributed by atoms with E-state index in [2.05, 4.69) is 16.0 Å². The number of nitro benzene ring substituents is 1. The highest BCUT2D eigenvalue weighted by Gasteiger charge is 2.16. The molecule has 31 heavy (non-hydrogen) atoms. The minimum atomic E-state index is -0.529. The molecule has 0 aromatic heterocycles. The van der Waals surface area contributed by atoms with Crippen molar-refractivity contribution in [2.45, 2.75) is 13.8 Å². The summed E-state index contributed by atoms with van der Waals surface area (Å²) in [5.74, 6) is -0.662. The Bertz CT molecular complexity index is 1130. The zero-order valence-electron chi connectivity index (χ0n) is 17.1. The molecular weight excluding hydrogens is 396 g/mol. The van der Waals surface area contributed by atoms with Crippen LogP contribution in [-0.4, -0.2) is 23.3 Å². The number of carbonyl (C=O) groups is 2. The average molecular weight is 418 g/mol. The molecule has 3 aromatic carbocycles. The number of nitrogens with zero attached hydrogens (tertiary/aromatic N) is 1. The summed E-state index contributed by atoms with van der Waals surface area (Å²) < 4.78 is 0. The highest BCUT2D eigenvalue weighted by molar-refractivity contribution is 6.04. The number of carbonyl (C=O) groups excluding carboxylic acids is 2. The third kappa shape index (κ3) is 5.66. The van der Waals surface area contributed by atoms with Crippen LogP contribution in [0.5, 0.6) is 0 Å². The third-order valence-electron chi connectivity index (χ3n) is 4.59. The Kier molecular flexibility index (Phi) is 6.61. The van der Waals surface area contributed by atoms with E-state index in [4.69, 9.17) is 0 Å². The van der Waals surface area contributed by atoms with Crippen LogP contribution in [-0.2, 0) is 4.79 Å². The van der Waals surface area contributed by atoms with Crippen molar-refractivity contribution >= 4 is 34.6 Å². The second-order valence-electron chi connectivity index (χ2n) is 7.03. The van der Waals surface area contributed by atoms with Gasteiger partial charge in [-0.1, -0.05) is 30.3 Å². The van der Waals surface area contributed by atoms with E-state index in [1.54, 1.807) is 49.4 Å². The van der Waals surface area contributed by atoms with Crippen LogP contribution >= 0.6 is 0 Å². The number of hydrogen-bond acceptors (Lipinski definition) is 5. The van der Waals surface area contributed by atoms with E-state index < -0.39 is 10.8 Å². The SMILES string of the molecule is Cc1ccc(NC(=O)CNc2cc(NC(=O)c3ccccc3)ccc2C)c([N+](=O)[O-])c1. The normalized spacial score (nSPS) is 10.3. The van der Waals surface area contributed by atoms with E-state index in [0.29, 0.717) is 16.9 Å². The molecule has 2 amide bonds. The Morgan fingerprint density at radius 2 is 1.65 bits per heavy atom. The first kappa shape index (κ1) is 21.5. The third-order valence-corrected chi connectivity index (χ3v) is 4.59. The Morgan fingerprint density at radius 1 is 0.903 bits per heavy atom. The van der Waals surface area contributed by atoms with Crippen molar-refractivity contribution in [3.8, 4) is 0 Å². The van der Waals surface area contributed by atoms with Gasteiger partial charge in [0.2, 0.25) is 5.91 Å². The molecular formula is C23H22N4O4. The lowest BCUT2D eigenvalue weighted by Gasteiger charge is -2.13. The van der Waals surface area contributed by atoms with Crippen LogP contribution < -0.4 is 16.0 Å². The molecule has 0 fully saturated rings. The molecule has 0 unspecified atom stereocenters. The van der Waals surface area contributed by atoms with E-state index in [-0.39, 0.29) is 23.8 Å². The first-order valence-corrected chi connectivity index (χ1v) is 9.59. The van der Waals surface area contributed by atoms with E-state index in [1.165, 1.54) is 12.1 Å². The minimum absolute atomic E-state index is 0.0953.